The van der Waals surface area contributed by atoms with Crippen LogP contribution in [0.1, 0.15) is 25.7 Å². The monoisotopic (exact) mass is 256 g/mol. The molecule has 1 heterocycles. The van der Waals surface area contributed by atoms with Crippen molar-refractivity contribution < 1.29 is 14.3 Å². The minimum Gasteiger partial charge on any atom is -0.385 e. The zero-order chi connectivity index (χ0) is 12.8. The zero-order valence-electron chi connectivity index (χ0n) is 11.1. The standard InChI is InChI=1S/C13H24N2O3/c1-17-7-2-6-14-12(16)9-15-11-5-8-18-13(11)10-3-4-10/h10-11,13,15H,2-9H2,1H3,(H,14,16). The summed E-state index contributed by atoms with van der Waals surface area (Å²) in [6, 6.07) is 0.363. The number of carbonyl (C=O) groups is 1. The molecular weight excluding hydrogens is 232 g/mol. The lowest BCUT2D eigenvalue weighted by Gasteiger charge is -2.19. The third kappa shape index (κ3) is 4.23. The molecule has 0 bridgehead atoms. The van der Waals surface area contributed by atoms with E-state index >= 15 is 0 Å². The number of ether oxygens (including phenoxy) is 2. The van der Waals surface area contributed by atoms with Crippen molar-refractivity contribution in [3.05, 3.63) is 0 Å². The molecule has 5 nitrogen and oxygen atoms in total. The number of methoxy groups -OCH3 is 1. The third-order valence-electron chi connectivity index (χ3n) is 3.59. The minimum atomic E-state index is 0.0625. The molecule has 0 radical (unpaired) electrons. The zero-order valence-corrected chi connectivity index (χ0v) is 11.1. The van der Waals surface area contributed by atoms with Crippen LogP contribution >= 0.6 is 0 Å². The van der Waals surface area contributed by atoms with Crippen molar-refractivity contribution in [1.82, 2.24) is 10.6 Å². The highest BCUT2D eigenvalue weighted by Crippen LogP contribution is 2.38. The normalized spacial score (nSPS) is 27.4. The number of amides is 1. The fraction of sp³-hybridized carbons (Fsp3) is 0.923. The summed E-state index contributed by atoms with van der Waals surface area (Å²) in [6.45, 7) is 2.59. The van der Waals surface area contributed by atoms with Gasteiger partial charge in [0.2, 0.25) is 5.91 Å². The maximum absolute atomic E-state index is 11.6. The molecule has 18 heavy (non-hydrogen) atoms. The molecule has 0 aromatic heterocycles. The smallest absolute Gasteiger partial charge is 0.233 e. The van der Waals surface area contributed by atoms with Gasteiger partial charge >= 0.3 is 0 Å². The predicted molar refractivity (Wildman–Crippen MR) is 68.4 cm³/mol. The van der Waals surface area contributed by atoms with Crippen molar-refractivity contribution in [2.45, 2.75) is 37.8 Å². The van der Waals surface area contributed by atoms with E-state index in [1.165, 1.54) is 12.8 Å². The Kier molecular flexibility index (Phi) is 5.41. The summed E-state index contributed by atoms with van der Waals surface area (Å²) >= 11 is 0. The van der Waals surface area contributed by atoms with Crippen molar-refractivity contribution in [2.75, 3.05) is 33.4 Å². The molecule has 104 valence electrons. The Labute approximate surface area is 109 Å². The van der Waals surface area contributed by atoms with Gasteiger partial charge in [0.15, 0.2) is 0 Å². The van der Waals surface area contributed by atoms with Crippen LogP contribution in [0.15, 0.2) is 0 Å². The second-order valence-electron chi connectivity index (χ2n) is 5.15. The molecule has 1 saturated carbocycles. The van der Waals surface area contributed by atoms with Gasteiger partial charge in [-0.3, -0.25) is 4.79 Å². The molecule has 2 N–H and O–H groups in total. The fourth-order valence-electron chi connectivity index (χ4n) is 2.45. The lowest BCUT2D eigenvalue weighted by atomic mass is 10.1. The number of rotatable bonds is 8. The second kappa shape index (κ2) is 7.07. The van der Waals surface area contributed by atoms with Crippen LogP contribution in [0.5, 0.6) is 0 Å². The number of hydrogen-bond acceptors (Lipinski definition) is 4. The predicted octanol–water partition coefficient (Wildman–Crippen LogP) is 0.296. The minimum absolute atomic E-state index is 0.0625. The molecule has 0 aromatic rings. The van der Waals surface area contributed by atoms with Gasteiger partial charge in [0.05, 0.1) is 12.6 Å². The van der Waals surface area contributed by atoms with Gasteiger partial charge in [-0.05, 0) is 31.6 Å². The van der Waals surface area contributed by atoms with Gasteiger partial charge in [0.1, 0.15) is 0 Å². The van der Waals surface area contributed by atoms with Gasteiger partial charge in [-0.15, -0.1) is 0 Å². The SMILES string of the molecule is COCCCNC(=O)CNC1CCOC1C1CC1. The Morgan fingerprint density at radius 2 is 2.22 bits per heavy atom. The van der Waals surface area contributed by atoms with Crippen LogP contribution in [0, 0.1) is 5.92 Å². The molecule has 1 saturated heterocycles. The lowest BCUT2D eigenvalue weighted by Crippen LogP contribution is -2.43. The summed E-state index contributed by atoms with van der Waals surface area (Å²) in [7, 11) is 1.67. The van der Waals surface area contributed by atoms with Crippen molar-refractivity contribution in [1.29, 1.82) is 0 Å². The topological polar surface area (TPSA) is 59.6 Å². The Morgan fingerprint density at radius 1 is 1.39 bits per heavy atom. The summed E-state index contributed by atoms with van der Waals surface area (Å²) in [5.41, 5.74) is 0. The lowest BCUT2D eigenvalue weighted by molar-refractivity contribution is -0.120. The third-order valence-corrected chi connectivity index (χ3v) is 3.59. The van der Waals surface area contributed by atoms with Crippen LogP contribution in [0.25, 0.3) is 0 Å². The van der Waals surface area contributed by atoms with E-state index in [9.17, 15) is 4.79 Å². The molecule has 2 rings (SSSR count). The summed E-state index contributed by atoms with van der Waals surface area (Å²) < 4.78 is 10.7. The maximum Gasteiger partial charge on any atom is 0.233 e. The summed E-state index contributed by atoms with van der Waals surface area (Å²) in [5.74, 6) is 0.794. The van der Waals surface area contributed by atoms with Crippen molar-refractivity contribution >= 4 is 5.91 Å². The molecule has 1 aliphatic heterocycles. The van der Waals surface area contributed by atoms with Crippen LogP contribution in [-0.4, -0.2) is 51.5 Å². The van der Waals surface area contributed by atoms with Gasteiger partial charge in [-0.2, -0.15) is 0 Å². The molecule has 1 amide bonds. The van der Waals surface area contributed by atoms with Gasteiger partial charge in [0.25, 0.3) is 0 Å². The first kappa shape index (κ1) is 13.8. The first-order valence-corrected chi connectivity index (χ1v) is 6.92. The van der Waals surface area contributed by atoms with Crippen molar-refractivity contribution in [3.63, 3.8) is 0 Å². The molecule has 2 unspecified atom stereocenters. The molecule has 5 heteroatoms. The highest BCUT2D eigenvalue weighted by molar-refractivity contribution is 5.77. The average molecular weight is 256 g/mol. The molecule has 2 atom stereocenters. The van der Waals surface area contributed by atoms with E-state index in [0.717, 1.165) is 25.4 Å². The fourth-order valence-corrected chi connectivity index (χ4v) is 2.45. The van der Waals surface area contributed by atoms with Crippen LogP contribution in [0.4, 0.5) is 0 Å². The van der Waals surface area contributed by atoms with Crippen molar-refractivity contribution in [2.24, 2.45) is 5.92 Å². The number of carbonyl (C=O) groups excluding carboxylic acids is 1. The van der Waals surface area contributed by atoms with Crippen LogP contribution in [0.3, 0.4) is 0 Å². The van der Waals surface area contributed by atoms with Crippen LogP contribution in [0.2, 0.25) is 0 Å². The van der Waals surface area contributed by atoms with Gasteiger partial charge < -0.3 is 20.1 Å². The Bertz CT molecular complexity index is 269. The highest BCUT2D eigenvalue weighted by atomic mass is 16.5. The van der Waals surface area contributed by atoms with Crippen LogP contribution < -0.4 is 10.6 Å². The first-order valence-electron chi connectivity index (χ1n) is 6.92. The van der Waals surface area contributed by atoms with E-state index in [-0.39, 0.29) is 5.91 Å². The van der Waals surface area contributed by atoms with Gasteiger partial charge in [-0.1, -0.05) is 0 Å². The molecule has 0 spiro atoms. The summed E-state index contributed by atoms with van der Waals surface area (Å²) in [5, 5.41) is 6.20. The van der Waals surface area contributed by atoms with E-state index in [4.69, 9.17) is 9.47 Å². The van der Waals surface area contributed by atoms with E-state index in [1.807, 2.05) is 0 Å². The number of hydrogen-bond donors (Lipinski definition) is 2. The van der Waals surface area contributed by atoms with E-state index in [1.54, 1.807) is 7.11 Å². The quantitative estimate of drug-likeness (QED) is 0.613. The molecule has 2 fully saturated rings. The summed E-state index contributed by atoms with van der Waals surface area (Å²) in [4.78, 5) is 11.6. The van der Waals surface area contributed by atoms with Gasteiger partial charge in [-0.25, -0.2) is 0 Å². The Hall–Kier alpha value is -0.650. The largest absolute Gasteiger partial charge is 0.385 e. The first-order chi connectivity index (χ1) is 8.81. The highest BCUT2D eigenvalue weighted by Gasteiger charge is 2.40. The Morgan fingerprint density at radius 3 is 2.94 bits per heavy atom. The molecule has 1 aliphatic carbocycles. The second-order valence-corrected chi connectivity index (χ2v) is 5.15. The van der Waals surface area contributed by atoms with Crippen molar-refractivity contribution in [3.8, 4) is 0 Å². The molecular formula is C13H24N2O3. The Balaban J connectivity index is 1.57. The van der Waals surface area contributed by atoms with E-state index < -0.39 is 0 Å². The average Bonchev–Trinajstić information content (AvgIpc) is 3.11. The number of nitrogens with one attached hydrogen (secondary N) is 2. The van der Waals surface area contributed by atoms with E-state index in [0.29, 0.717) is 31.8 Å². The molecule has 2 aliphatic rings. The van der Waals surface area contributed by atoms with Gasteiger partial charge in [0, 0.05) is 32.9 Å². The summed E-state index contributed by atoms with van der Waals surface area (Å²) in [6.07, 6.45) is 4.79. The molecule has 0 aromatic carbocycles. The van der Waals surface area contributed by atoms with E-state index in [2.05, 4.69) is 10.6 Å². The van der Waals surface area contributed by atoms with Crippen LogP contribution in [-0.2, 0) is 14.3 Å². The maximum atomic E-state index is 11.6.